The molecule has 26 heavy (non-hydrogen) atoms. The fourth-order valence-corrected chi connectivity index (χ4v) is 2.85. The second-order valence-electron chi connectivity index (χ2n) is 6.28. The Morgan fingerprint density at radius 1 is 1.12 bits per heavy atom. The van der Waals surface area contributed by atoms with Crippen LogP contribution in [0.4, 0.5) is 11.4 Å². The molecule has 0 saturated carbocycles. The SMILES string of the molecule is Cc1c(C#N)c(O)n(C(C)C)c(=O)c1N=Nc1ccc2ccccc2c1. The predicted molar refractivity (Wildman–Crippen MR) is 100 cm³/mol. The Kier molecular flexibility index (Phi) is 4.55. The van der Waals surface area contributed by atoms with E-state index in [4.69, 9.17) is 0 Å². The summed E-state index contributed by atoms with van der Waals surface area (Å²) in [5, 5.41) is 29.9. The maximum absolute atomic E-state index is 12.7. The minimum atomic E-state index is -0.474. The summed E-state index contributed by atoms with van der Waals surface area (Å²) >= 11 is 0. The molecule has 6 nitrogen and oxygen atoms in total. The summed E-state index contributed by atoms with van der Waals surface area (Å²) in [5.74, 6) is -0.338. The van der Waals surface area contributed by atoms with Crippen molar-refractivity contribution in [3.05, 3.63) is 63.9 Å². The minimum absolute atomic E-state index is 0.0331. The van der Waals surface area contributed by atoms with Crippen LogP contribution in [0.3, 0.4) is 0 Å². The van der Waals surface area contributed by atoms with Crippen LogP contribution < -0.4 is 5.56 Å². The number of fused-ring (bicyclic) bond motifs is 1. The zero-order valence-electron chi connectivity index (χ0n) is 14.8. The molecule has 0 aliphatic carbocycles. The van der Waals surface area contributed by atoms with Crippen LogP contribution in [0.25, 0.3) is 10.8 Å². The first kappa shape index (κ1) is 17.4. The van der Waals surface area contributed by atoms with Gasteiger partial charge in [0.05, 0.1) is 5.69 Å². The van der Waals surface area contributed by atoms with Gasteiger partial charge in [0.15, 0.2) is 5.69 Å². The van der Waals surface area contributed by atoms with Crippen molar-refractivity contribution in [1.82, 2.24) is 4.57 Å². The highest BCUT2D eigenvalue weighted by molar-refractivity contribution is 5.85. The molecule has 0 radical (unpaired) electrons. The van der Waals surface area contributed by atoms with Crippen LogP contribution in [-0.2, 0) is 0 Å². The molecule has 130 valence electrons. The van der Waals surface area contributed by atoms with E-state index in [9.17, 15) is 15.2 Å². The van der Waals surface area contributed by atoms with Crippen LogP contribution in [0.5, 0.6) is 5.88 Å². The zero-order chi connectivity index (χ0) is 18.8. The van der Waals surface area contributed by atoms with E-state index in [1.807, 2.05) is 48.5 Å². The van der Waals surface area contributed by atoms with Gasteiger partial charge in [-0.05, 0) is 43.7 Å². The molecule has 0 aliphatic rings. The van der Waals surface area contributed by atoms with Gasteiger partial charge in [0.1, 0.15) is 11.6 Å². The average Bonchev–Trinajstić information content (AvgIpc) is 2.61. The molecule has 0 saturated heterocycles. The number of hydrogen-bond donors (Lipinski definition) is 1. The van der Waals surface area contributed by atoms with E-state index >= 15 is 0 Å². The van der Waals surface area contributed by atoms with Gasteiger partial charge < -0.3 is 5.11 Å². The number of nitrogens with zero attached hydrogens (tertiary/aromatic N) is 4. The molecule has 0 fully saturated rings. The fourth-order valence-electron chi connectivity index (χ4n) is 2.85. The van der Waals surface area contributed by atoms with Crippen LogP contribution in [0.2, 0.25) is 0 Å². The summed E-state index contributed by atoms with van der Waals surface area (Å²) in [4.78, 5) is 12.7. The molecular formula is C20H18N4O2. The molecule has 0 aliphatic heterocycles. The van der Waals surface area contributed by atoms with E-state index in [0.717, 1.165) is 15.3 Å². The highest BCUT2D eigenvalue weighted by Gasteiger charge is 2.20. The predicted octanol–water partition coefficient (Wildman–Crippen LogP) is 4.88. The topological polar surface area (TPSA) is 90.7 Å². The summed E-state index contributed by atoms with van der Waals surface area (Å²) in [6.45, 7) is 5.09. The largest absolute Gasteiger partial charge is 0.493 e. The Labute approximate surface area is 150 Å². The number of azo groups is 1. The smallest absolute Gasteiger partial charge is 0.281 e. The average molecular weight is 346 g/mol. The first-order valence-electron chi connectivity index (χ1n) is 8.22. The normalized spacial score (nSPS) is 11.3. The maximum atomic E-state index is 12.7. The van der Waals surface area contributed by atoms with Gasteiger partial charge in [-0.15, -0.1) is 5.11 Å². The number of aromatic nitrogens is 1. The lowest BCUT2D eigenvalue weighted by Crippen LogP contribution is -2.23. The first-order valence-corrected chi connectivity index (χ1v) is 8.22. The van der Waals surface area contributed by atoms with Crippen molar-refractivity contribution >= 4 is 22.1 Å². The third-order valence-electron chi connectivity index (χ3n) is 4.23. The standard InChI is InChI=1S/C20H18N4O2/c1-12(2)24-19(25)17(11-21)13(3)18(20(24)26)23-22-16-9-8-14-6-4-5-7-15(14)10-16/h4-10,12,25H,1-3H3. The summed E-state index contributed by atoms with van der Waals surface area (Å²) in [5.41, 5.74) is 0.534. The number of aromatic hydroxyl groups is 1. The van der Waals surface area contributed by atoms with Gasteiger partial charge in [0.25, 0.3) is 5.56 Å². The molecule has 1 N–H and O–H groups in total. The fraction of sp³-hybridized carbons (Fsp3) is 0.200. The van der Waals surface area contributed by atoms with Crippen LogP contribution in [0.1, 0.15) is 31.0 Å². The quantitative estimate of drug-likeness (QED) is 0.685. The van der Waals surface area contributed by atoms with Gasteiger partial charge in [-0.2, -0.15) is 10.4 Å². The number of pyridine rings is 1. The molecule has 1 aromatic heterocycles. The summed E-state index contributed by atoms with van der Waals surface area (Å²) in [6.07, 6.45) is 0. The van der Waals surface area contributed by atoms with Gasteiger partial charge in [0, 0.05) is 11.6 Å². The van der Waals surface area contributed by atoms with Crippen LogP contribution in [-0.4, -0.2) is 9.67 Å². The summed E-state index contributed by atoms with van der Waals surface area (Å²) in [7, 11) is 0. The molecule has 2 aromatic carbocycles. The molecular weight excluding hydrogens is 328 g/mol. The second kappa shape index (κ2) is 6.81. The number of hydrogen-bond acceptors (Lipinski definition) is 5. The molecule has 1 heterocycles. The third kappa shape index (κ3) is 2.95. The molecule has 0 bridgehead atoms. The van der Waals surface area contributed by atoms with Crippen molar-refractivity contribution < 1.29 is 5.11 Å². The van der Waals surface area contributed by atoms with Gasteiger partial charge >= 0.3 is 0 Å². The van der Waals surface area contributed by atoms with Crippen LogP contribution in [0, 0.1) is 18.3 Å². The minimum Gasteiger partial charge on any atom is -0.493 e. The lowest BCUT2D eigenvalue weighted by atomic mass is 10.1. The van der Waals surface area contributed by atoms with E-state index in [2.05, 4.69) is 10.2 Å². The Morgan fingerprint density at radius 2 is 1.81 bits per heavy atom. The van der Waals surface area contributed by atoms with E-state index in [1.54, 1.807) is 20.8 Å². The molecule has 0 unspecified atom stereocenters. The van der Waals surface area contributed by atoms with Crippen molar-refractivity contribution in [2.24, 2.45) is 10.2 Å². The number of nitriles is 1. The molecule has 0 spiro atoms. The summed E-state index contributed by atoms with van der Waals surface area (Å²) < 4.78 is 1.15. The Balaban J connectivity index is 2.14. The van der Waals surface area contributed by atoms with E-state index < -0.39 is 5.56 Å². The van der Waals surface area contributed by atoms with Gasteiger partial charge in [-0.1, -0.05) is 30.3 Å². The molecule has 3 rings (SSSR count). The lowest BCUT2D eigenvalue weighted by Gasteiger charge is -2.15. The van der Waals surface area contributed by atoms with Crippen molar-refractivity contribution in [3.8, 4) is 11.9 Å². The number of benzene rings is 2. The van der Waals surface area contributed by atoms with Crippen molar-refractivity contribution in [2.75, 3.05) is 0 Å². The summed E-state index contributed by atoms with van der Waals surface area (Å²) in [6, 6.07) is 15.1. The van der Waals surface area contributed by atoms with Crippen molar-refractivity contribution in [1.29, 1.82) is 5.26 Å². The second-order valence-corrected chi connectivity index (χ2v) is 6.28. The maximum Gasteiger partial charge on any atom is 0.281 e. The van der Waals surface area contributed by atoms with Gasteiger partial charge in [-0.3, -0.25) is 9.36 Å². The highest BCUT2D eigenvalue weighted by atomic mass is 16.3. The van der Waals surface area contributed by atoms with Gasteiger partial charge in [-0.25, -0.2) is 0 Å². The lowest BCUT2D eigenvalue weighted by molar-refractivity contribution is 0.386. The third-order valence-corrected chi connectivity index (χ3v) is 4.23. The zero-order valence-corrected chi connectivity index (χ0v) is 14.8. The molecule has 0 atom stereocenters. The Morgan fingerprint density at radius 3 is 2.46 bits per heavy atom. The van der Waals surface area contributed by atoms with Crippen molar-refractivity contribution in [2.45, 2.75) is 26.8 Å². The van der Waals surface area contributed by atoms with E-state index in [1.165, 1.54) is 0 Å². The highest BCUT2D eigenvalue weighted by Crippen LogP contribution is 2.29. The van der Waals surface area contributed by atoms with Crippen LogP contribution in [0.15, 0.2) is 57.5 Å². The van der Waals surface area contributed by atoms with E-state index in [0.29, 0.717) is 11.3 Å². The van der Waals surface area contributed by atoms with Crippen LogP contribution >= 0.6 is 0 Å². The number of rotatable bonds is 3. The monoisotopic (exact) mass is 346 g/mol. The Bertz CT molecular complexity index is 1120. The molecule has 6 heteroatoms. The van der Waals surface area contributed by atoms with Gasteiger partial charge in [0.2, 0.25) is 5.88 Å². The Hall–Kier alpha value is -3.46. The first-order chi connectivity index (χ1) is 12.4. The molecule has 0 amide bonds. The van der Waals surface area contributed by atoms with Crippen molar-refractivity contribution in [3.63, 3.8) is 0 Å². The van der Waals surface area contributed by atoms with E-state index in [-0.39, 0.29) is 23.2 Å². The molecule has 3 aromatic rings.